The Labute approximate surface area is 119 Å². The van der Waals surface area contributed by atoms with Crippen LogP contribution in [0.4, 0.5) is 0 Å². The number of rotatable bonds is 4. The third-order valence-electron chi connectivity index (χ3n) is 3.66. The SMILES string of the molecule is NC(=S)CN1CCN(S(=O)(=O)C2CCOCC2)CC1. The molecule has 2 fully saturated rings. The molecule has 0 spiro atoms. The van der Waals surface area contributed by atoms with Crippen molar-refractivity contribution < 1.29 is 13.2 Å². The Balaban J connectivity index is 1.90. The van der Waals surface area contributed by atoms with Gasteiger partial charge in [-0.2, -0.15) is 4.31 Å². The number of hydrogen-bond donors (Lipinski definition) is 1. The first-order chi connectivity index (χ1) is 9.00. The van der Waals surface area contributed by atoms with E-state index in [2.05, 4.69) is 4.90 Å². The van der Waals surface area contributed by atoms with Gasteiger partial charge in [-0.25, -0.2) is 8.42 Å². The predicted octanol–water partition coefficient (Wildman–Crippen LogP) is -0.601. The van der Waals surface area contributed by atoms with Gasteiger partial charge in [0.1, 0.15) is 0 Å². The molecule has 0 radical (unpaired) electrons. The van der Waals surface area contributed by atoms with E-state index in [-0.39, 0.29) is 5.25 Å². The lowest BCUT2D eigenvalue weighted by Gasteiger charge is -2.36. The van der Waals surface area contributed by atoms with Crippen molar-refractivity contribution in [3.05, 3.63) is 0 Å². The molecule has 0 aromatic carbocycles. The van der Waals surface area contributed by atoms with Gasteiger partial charge in [0.2, 0.25) is 10.0 Å². The van der Waals surface area contributed by atoms with E-state index in [1.807, 2.05) is 0 Å². The van der Waals surface area contributed by atoms with Crippen LogP contribution in [0.1, 0.15) is 12.8 Å². The van der Waals surface area contributed by atoms with Gasteiger partial charge < -0.3 is 10.5 Å². The summed E-state index contributed by atoms with van der Waals surface area (Å²) in [4.78, 5) is 2.55. The van der Waals surface area contributed by atoms with Gasteiger partial charge in [-0.1, -0.05) is 12.2 Å². The van der Waals surface area contributed by atoms with Gasteiger partial charge in [0.25, 0.3) is 0 Å². The summed E-state index contributed by atoms with van der Waals surface area (Å²) < 4.78 is 31.8. The third kappa shape index (κ3) is 3.85. The Kier molecular flexibility index (Phi) is 5.13. The van der Waals surface area contributed by atoms with Crippen LogP contribution in [0.3, 0.4) is 0 Å². The summed E-state index contributed by atoms with van der Waals surface area (Å²) in [6, 6.07) is 0. The van der Waals surface area contributed by atoms with E-state index in [1.165, 1.54) is 0 Å². The molecule has 8 heteroatoms. The van der Waals surface area contributed by atoms with E-state index in [0.29, 0.717) is 63.8 Å². The molecule has 0 atom stereocenters. The van der Waals surface area contributed by atoms with Gasteiger partial charge in [-0.3, -0.25) is 4.90 Å². The largest absolute Gasteiger partial charge is 0.392 e. The Bertz CT molecular complexity index is 413. The van der Waals surface area contributed by atoms with Crippen LogP contribution in [-0.4, -0.2) is 73.8 Å². The molecule has 0 bridgehead atoms. The summed E-state index contributed by atoms with van der Waals surface area (Å²) in [6.07, 6.45) is 1.21. The average Bonchev–Trinajstić information content (AvgIpc) is 2.40. The van der Waals surface area contributed by atoms with Crippen LogP contribution in [0.15, 0.2) is 0 Å². The standard InChI is InChI=1S/C11H21N3O3S2/c12-11(18)9-13-3-5-14(6-4-13)19(15,16)10-1-7-17-8-2-10/h10H,1-9H2,(H2,12,18). The molecule has 2 heterocycles. The quantitative estimate of drug-likeness (QED) is 0.699. The minimum atomic E-state index is -3.17. The van der Waals surface area contributed by atoms with Crippen LogP contribution in [0.2, 0.25) is 0 Å². The molecule has 2 rings (SSSR count). The lowest BCUT2D eigenvalue weighted by atomic mass is 10.2. The Morgan fingerprint density at radius 2 is 1.79 bits per heavy atom. The number of piperazine rings is 1. The molecule has 0 unspecified atom stereocenters. The monoisotopic (exact) mass is 307 g/mol. The van der Waals surface area contributed by atoms with Crippen LogP contribution < -0.4 is 5.73 Å². The topological polar surface area (TPSA) is 75.9 Å². The molecule has 6 nitrogen and oxygen atoms in total. The van der Waals surface area contributed by atoms with Crippen LogP contribution in [0.25, 0.3) is 0 Å². The van der Waals surface area contributed by atoms with Crippen molar-refractivity contribution in [1.29, 1.82) is 0 Å². The zero-order chi connectivity index (χ0) is 13.9. The van der Waals surface area contributed by atoms with Crippen molar-refractivity contribution in [3.8, 4) is 0 Å². The van der Waals surface area contributed by atoms with Crippen molar-refractivity contribution in [3.63, 3.8) is 0 Å². The minimum absolute atomic E-state index is 0.275. The summed E-state index contributed by atoms with van der Waals surface area (Å²) >= 11 is 4.87. The van der Waals surface area contributed by atoms with E-state index < -0.39 is 10.0 Å². The predicted molar refractivity (Wildman–Crippen MR) is 77.6 cm³/mol. The van der Waals surface area contributed by atoms with Gasteiger partial charge >= 0.3 is 0 Å². The van der Waals surface area contributed by atoms with Gasteiger partial charge in [-0.15, -0.1) is 0 Å². The van der Waals surface area contributed by atoms with E-state index in [4.69, 9.17) is 22.7 Å². The highest BCUT2D eigenvalue weighted by atomic mass is 32.2. The maximum absolute atomic E-state index is 12.5. The number of nitrogens with two attached hydrogens (primary N) is 1. The molecular weight excluding hydrogens is 286 g/mol. The van der Waals surface area contributed by atoms with E-state index in [9.17, 15) is 8.42 Å². The average molecular weight is 307 g/mol. The summed E-state index contributed by atoms with van der Waals surface area (Å²) in [5.74, 6) is 0. The fourth-order valence-electron chi connectivity index (χ4n) is 2.55. The Morgan fingerprint density at radius 3 is 2.32 bits per heavy atom. The molecule has 0 aromatic heterocycles. The van der Waals surface area contributed by atoms with E-state index >= 15 is 0 Å². The molecule has 0 amide bonds. The molecule has 2 saturated heterocycles. The highest BCUT2D eigenvalue weighted by Crippen LogP contribution is 2.20. The van der Waals surface area contributed by atoms with Gasteiger partial charge in [-0.05, 0) is 12.8 Å². The van der Waals surface area contributed by atoms with Gasteiger partial charge in [0.05, 0.1) is 10.2 Å². The summed E-state index contributed by atoms with van der Waals surface area (Å²) in [5, 5.41) is -0.275. The highest BCUT2D eigenvalue weighted by Gasteiger charge is 2.34. The number of nitrogens with zero attached hydrogens (tertiary/aromatic N) is 2. The molecule has 0 aliphatic carbocycles. The van der Waals surface area contributed by atoms with Crippen LogP contribution in [-0.2, 0) is 14.8 Å². The molecule has 2 aliphatic heterocycles. The lowest BCUT2D eigenvalue weighted by Crippen LogP contribution is -2.52. The number of hydrogen-bond acceptors (Lipinski definition) is 5. The second-order valence-electron chi connectivity index (χ2n) is 5.00. The second kappa shape index (κ2) is 6.45. The Hall–Kier alpha value is -0.280. The molecule has 110 valence electrons. The maximum atomic E-state index is 12.5. The fourth-order valence-corrected chi connectivity index (χ4v) is 4.61. The van der Waals surface area contributed by atoms with Crippen molar-refractivity contribution in [2.45, 2.75) is 18.1 Å². The molecule has 0 aromatic rings. The molecule has 2 N–H and O–H groups in total. The lowest BCUT2D eigenvalue weighted by molar-refractivity contribution is 0.0964. The Morgan fingerprint density at radius 1 is 1.21 bits per heavy atom. The van der Waals surface area contributed by atoms with Crippen LogP contribution >= 0.6 is 12.2 Å². The maximum Gasteiger partial charge on any atom is 0.217 e. The van der Waals surface area contributed by atoms with E-state index in [0.717, 1.165) is 0 Å². The first kappa shape index (κ1) is 15.1. The highest BCUT2D eigenvalue weighted by molar-refractivity contribution is 7.89. The normalized spacial score (nSPS) is 24.4. The van der Waals surface area contributed by atoms with Crippen LogP contribution in [0, 0.1) is 0 Å². The molecule has 0 saturated carbocycles. The van der Waals surface area contributed by atoms with Gasteiger partial charge in [0.15, 0.2) is 0 Å². The summed E-state index contributed by atoms with van der Waals surface area (Å²) in [6.45, 7) is 4.11. The minimum Gasteiger partial charge on any atom is -0.392 e. The number of sulfonamides is 1. The zero-order valence-electron chi connectivity index (χ0n) is 11.0. The zero-order valence-corrected chi connectivity index (χ0v) is 12.6. The first-order valence-corrected chi connectivity index (χ1v) is 8.48. The molecule has 19 heavy (non-hydrogen) atoms. The van der Waals surface area contributed by atoms with Crippen LogP contribution in [0.5, 0.6) is 0 Å². The van der Waals surface area contributed by atoms with Crippen molar-refractivity contribution >= 4 is 27.2 Å². The van der Waals surface area contributed by atoms with E-state index in [1.54, 1.807) is 4.31 Å². The summed E-state index contributed by atoms with van der Waals surface area (Å²) in [5.41, 5.74) is 5.50. The third-order valence-corrected chi connectivity index (χ3v) is 6.19. The summed E-state index contributed by atoms with van der Waals surface area (Å²) in [7, 11) is -3.17. The van der Waals surface area contributed by atoms with Gasteiger partial charge in [0, 0.05) is 45.9 Å². The molecular formula is C11H21N3O3S2. The fraction of sp³-hybridized carbons (Fsp3) is 0.909. The second-order valence-corrected chi connectivity index (χ2v) is 7.74. The smallest absolute Gasteiger partial charge is 0.217 e. The molecule has 2 aliphatic rings. The van der Waals surface area contributed by atoms with Crippen molar-refractivity contribution in [2.24, 2.45) is 5.73 Å². The van der Waals surface area contributed by atoms with Crippen molar-refractivity contribution in [2.75, 3.05) is 45.9 Å². The number of thiocarbonyl (C=S) groups is 1. The first-order valence-electron chi connectivity index (χ1n) is 6.57. The van der Waals surface area contributed by atoms with Crippen molar-refractivity contribution in [1.82, 2.24) is 9.21 Å². The number of ether oxygens (including phenoxy) is 1.